The number of ether oxygens (including phenoxy) is 1. The van der Waals surface area contributed by atoms with E-state index in [0.717, 1.165) is 5.56 Å². The lowest BCUT2D eigenvalue weighted by Gasteiger charge is -2.07. The molecule has 0 atom stereocenters. The van der Waals surface area contributed by atoms with Crippen molar-refractivity contribution in [1.29, 1.82) is 0 Å². The molecule has 1 rings (SSSR count). The standard InChI is InChI=1S/C11H14BrNO3/c1-16-9-3-2-8(10(14)6-9)4-5-13-11(15)7-12/h2-3,6,14H,4-5,7H2,1H3,(H,13,15). The summed E-state index contributed by atoms with van der Waals surface area (Å²) in [7, 11) is 1.55. The highest BCUT2D eigenvalue weighted by atomic mass is 79.9. The fourth-order valence-corrected chi connectivity index (χ4v) is 1.46. The lowest BCUT2D eigenvalue weighted by atomic mass is 10.1. The Bertz CT molecular complexity index is 368. The second-order valence-corrected chi connectivity index (χ2v) is 3.79. The molecule has 4 nitrogen and oxygen atoms in total. The SMILES string of the molecule is COc1ccc(CCNC(=O)CBr)c(O)c1. The highest BCUT2D eigenvalue weighted by Gasteiger charge is 2.03. The molecule has 0 aliphatic rings. The van der Waals surface area contributed by atoms with Crippen molar-refractivity contribution in [1.82, 2.24) is 5.32 Å². The minimum Gasteiger partial charge on any atom is -0.508 e. The summed E-state index contributed by atoms with van der Waals surface area (Å²) in [6, 6.07) is 5.12. The Kier molecular flexibility index (Phi) is 5.11. The monoisotopic (exact) mass is 287 g/mol. The molecule has 0 radical (unpaired) electrons. The van der Waals surface area contributed by atoms with Gasteiger partial charge in [-0.3, -0.25) is 4.79 Å². The number of benzene rings is 1. The molecule has 1 aromatic carbocycles. The number of aromatic hydroxyl groups is 1. The van der Waals surface area contributed by atoms with Gasteiger partial charge in [-0.25, -0.2) is 0 Å². The molecule has 2 N–H and O–H groups in total. The van der Waals surface area contributed by atoms with E-state index in [4.69, 9.17) is 4.74 Å². The number of alkyl halides is 1. The van der Waals surface area contributed by atoms with Crippen molar-refractivity contribution in [2.24, 2.45) is 0 Å². The zero-order valence-corrected chi connectivity index (χ0v) is 10.6. The number of hydrogen-bond donors (Lipinski definition) is 2. The summed E-state index contributed by atoms with van der Waals surface area (Å²) in [5.41, 5.74) is 0.788. The fourth-order valence-electron chi connectivity index (χ4n) is 1.27. The van der Waals surface area contributed by atoms with E-state index in [1.807, 2.05) is 0 Å². The molecule has 1 amide bonds. The van der Waals surface area contributed by atoms with Crippen molar-refractivity contribution >= 4 is 21.8 Å². The molecule has 0 unspecified atom stereocenters. The van der Waals surface area contributed by atoms with Gasteiger partial charge in [0.15, 0.2) is 0 Å². The topological polar surface area (TPSA) is 58.6 Å². The molecule has 0 fully saturated rings. The number of nitrogens with one attached hydrogen (secondary N) is 1. The van der Waals surface area contributed by atoms with Gasteiger partial charge in [0.05, 0.1) is 12.4 Å². The molecule has 1 aromatic rings. The fraction of sp³-hybridized carbons (Fsp3) is 0.364. The van der Waals surface area contributed by atoms with E-state index >= 15 is 0 Å². The molecule has 5 heteroatoms. The van der Waals surface area contributed by atoms with E-state index in [9.17, 15) is 9.90 Å². The van der Waals surface area contributed by atoms with Gasteiger partial charge in [-0.15, -0.1) is 0 Å². The van der Waals surface area contributed by atoms with Gasteiger partial charge in [0.2, 0.25) is 5.91 Å². The molecule has 0 spiro atoms. The van der Waals surface area contributed by atoms with Crippen LogP contribution in [0, 0.1) is 0 Å². The van der Waals surface area contributed by atoms with Crippen LogP contribution in [-0.4, -0.2) is 30.0 Å². The van der Waals surface area contributed by atoms with Gasteiger partial charge in [-0.2, -0.15) is 0 Å². The van der Waals surface area contributed by atoms with E-state index < -0.39 is 0 Å². The van der Waals surface area contributed by atoms with Crippen LogP contribution in [0.5, 0.6) is 11.5 Å². The van der Waals surface area contributed by atoms with Crippen LogP contribution in [0.1, 0.15) is 5.56 Å². The Balaban J connectivity index is 2.51. The number of phenolic OH excluding ortho intramolecular Hbond substituents is 1. The predicted molar refractivity (Wildman–Crippen MR) is 65.2 cm³/mol. The Morgan fingerprint density at radius 2 is 2.31 bits per heavy atom. The zero-order chi connectivity index (χ0) is 12.0. The van der Waals surface area contributed by atoms with Gasteiger partial charge >= 0.3 is 0 Å². The number of carbonyl (C=O) groups excluding carboxylic acids is 1. The number of methoxy groups -OCH3 is 1. The number of phenols is 1. The zero-order valence-electron chi connectivity index (χ0n) is 9.00. The van der Waals surface area contributed by atoms with Crippen LogP contribution in [0.2, 0.25) is 0 Å². The highest BCUT2D eigenvalue weighted by Crippen LogP contribution is 2.23. The van der Waals surface area contributed by atoms with Gasteiger partial charge in [0, 0.05) is 12.6 Å². The van der Waals surface area contributed by atoms with E-state index in [1.165, 1.54) is 0 Å². The van der Waals surface area contributed by atoms with Gasteiger partial charge in [0.25, 0.3) is 0 Å². The summed E-state index contributed by atoms with van der Waals surface area (Å²) in [4.78, 5) is 10.9. The first kappa shape index (κ1) is 12.8. The van der Waals surface area contributed by atoms with Crippen LogP contribution >= 0.6 is 15.9 Å². The predicted octanol–water partition coefficient (Wildman–Crippen LogP) is 1.45. The molecular formula is C11H14BrNO3. The maximum Gasteiger partial charge on any atom is 0.230 e. The lowest BCUT2D eigenvalue weighted by Crippen LogP contribution is -2.26. The van der Waals surface area contributed by atoms with Crippen molar-refractivity contribution in [3.63, 3.8) is 0 Å². The van der Waals surface area contributed by atoms with Crippen molar-refractivity contribution in [2.45, 2.75) is 6.42 Å². The summed E-state index contributed by atoms with van der Waals surface area (Å²) in [5.74, 6) is 0.742. The molecule has 0 bridgehead atoms. The second-order valence-electron chi connectivity index (χ2n) is 3.23. The Morgan fingerprint density at radius 1 is 1.56 bits per heavy atom. The molecule has 0 aliphatic carbocycles. The molecule has 0 saturated carbocycles. The number of carbonyl (C=O) groups is 1. The Morgan fingerprint density at radius 3 is 2.88 bits per heavy atom. The minimum atomic E-state index is -0.0620. The number of hydrogen-bond acceptors (Lipinski definition) is 3. The third-order valence-electron chi connectivity index (χ3n) is 2.13. The van der Waals surface area contributed by atoms with Crippen LogP contribution in [0.3, 0.4) is 0 Å². The van der Waals surface area contributed by atoms with Crippen LogP contribution in [0.15, 0.2) is 18.2 Å². The van der Waals surface area contributed by atoms with E-state index in [-0.39, 0.29) is 11.7 Å². The number of rotatable bonds is 5. The average molecular weight is 288 g/mol. The summed E-state index contributed by atoms with van der Waals surface area (Å²) in [6.07, 6.45) is 0.592. The maximum atomic E-state index is 10.9. The molecular weight excluding hydrogens is 274 g/mol. The number of halogens is 1. The van der Waals surface area contributed by atoms with E-state index in [1.54, 1.807) is 25.3 Å². The third-order valence-corrected chi connectivity index (χ3v) is 2.64. The third kappa shape index (κ3) is 3.73. The first-order valence-corrected chi connectivity index (χ1v) is 5.98. The minimum absolute atomic E-state index is 0.0620. The molecule has 0 aliphatic heterocycles. The molecule has 0 saturated heterocycles. The summed E-state index contributed by atoms with van der Waals surface area (Å²) < 4.78 is 4.97. The summed E-state index contributed by atoms with van der Waals surface area (Å²) in [5, 5.41) is 12.6. The quantitative estimate of drug-likeness (QED) is 0.806. The van der Waals surface area contributed by atoms with Crippen LogP contribution in [0.4, 0.5) is 0 Å². The molecule has 0 aromatic heterocycles. The molecule has 0 heterocycles. The molecule has 16 heavy (non-hydrogen) atoms. The smallest absolute Gasteiger partial charge is 0.230 e. The first-order chi connectivity index (χ1) is 7.67. The maximum absolute atomic E-state index is 10.9. The largest absolute Gasteiger partial charge is 0.508 e. The van der Waals surface area contributed by atoms with Crippen molar-refractivity contribution in [2.75, 3.05) is 19.0 Å². The highest BCUT2D eigenvalue weighted by molar-refractivity contribution is 9.09. The number of amides is 1. The molecule has 88 valence electrons. The summed E-state index contributed by atoms with van der Waals surface area (Å²) in [6.45, 7) is 0.504. The van der Waals surface area contributed by atoms with Gasteiger partial charge in [0.1, 0.15) is 11.5 Å². The average Bonchev–Trinajstić information content (AvgIpc) is 2.30. The van der Waals surface area contributed by atoms with E-state index in [0.29, 0.717) is 24.0 Å². The first-order valence-electron chi connectivity index (χ1n) is 4.86. The normalized spacial score (nSPS) is 9.88. The van der Waals surface area contributed by atoms with Crippen molar-refractivity contribution in [3.8, 4) is 11.5 Å². The van der Waals surface area contributed by atoms with Crippen LogP contribution < -0.4 is 10.1 Å². The lowest BCUT2D eigenvalue weighted by molar-refractivity contribution is -0.118. The Hall–Kier alpha value is -1.23. The van der Waals surface area contributed by atoms with Gasteiger partial charge in [-0.05, 0) is 18.1 Å². The van der Waals surface area contributed by atoms with Gasteiger partial charge < -0.3 is 15.2 Å². The van der Waals surface area contributed by atoms with Crippen molar-refractivity contribution < 1.29 is 14.6 Å². The van der Waals surface area contributed by atoms with Crippen LogP contribution in [0.25, 0.3) is 0 Å². The Labute approximate surface area is 103 Å². The van der Waals surface area contributed by atoms with E-state index in [2.05, 4.69) is 21.2 Å². The second kappa shape index (κ2) is 6.37. The van der Waals surface area contributed by atoms with Crippen LogP contribution in [-0.2, 0) is 11.2 Å². The van der Waals surface area contributed by atoms with Crippen molar-refractivity contribution in [3.05, 3.63) is 23.8 Å². The summed E-state index contributed by atoms with van der Waals surface area (Å²) >= 11 is 3.06. The van der Waals surface area contributed by atoms with Gasteiger partial charge in [-0.1, -0.05) is 22.0 Å².